The summed E-state index contributed by atoms with van der Waals surface area (Å²) in [4.78, 5) is 33.3. The van der Waals surface area contributed by atoms with Crippen LogP contribution in [-0.2, 0) is 14.3 Å². The van der Waals surface area contributed by atoms with Crippen LogP contribution in [0.4, 0.5) is 5.95 Å². The van der Waals surface area contributed by atoms with Gasteiger partial charge in [0, 0.05) is 12.7 Å². The van der Waals surface area contributed by atoms with E-state index in [4.69, 9.17) is 9.47 Å². The minimum Gasteiger partial charge on any atom is -0.465 e. The zero-order chi connectivity index (χ0) is 15.8. The van der Waals surface area contributed by atoms with Crippen LogP contribution in [0.1, 0.15) is 36.8 Å². The van der Waals surface area contributed by atoms with Crippen molar-refractivity contribution in [3.63, 3.8) is 0 Å². The smallest absolute Gasteiger partial charge is 0.341 e. The molecular formula is C14H21N3O4. The molecule has 7 nitrogen and oxygen atoms in total. The Bertz CT molecular complexity index is 505. The first-order valence-electron chi connectivity index (χ1n) is 6.94. The van der Waals surface area contributed by atoms with Gasteiger partial charge in [0.1, 0.15) is 6.54 Å². The highest BCUT2D eigenvalue weighted by Crippen LogP contribution is 2.12. The number of hydrogen-bond donors (Lipinski definition) is 0. The van der Waals surface area contributed by atoms with Gasteiger partial charge in [-0.3, -0.25) is 4.79 Å². The van der Waals surface area contributed by atoms with Crippen molar-refractivity contribution in [3.8, 4) is 0 Å². The van der Waals surface area contributed by atoms with Crippen LogP contribution in [0.25, 0.3) is 0 Å². The largest absolute Gasteiger partial charge is 0.465 e. The number of nitrogens with zero attached hydrogens (tertiary/aromatic N) is 3. The van der Waals surface area contributed by atoms with Gasteiger partial charge in [0.25, 0.3) is 0 Å². The Balaban J connectivity index is 2.89. The van der Waals surface area contributed by atoms with Gasteiger partial charge >= 0.3 is 11.9 Å². The molecule has 21 heavy (non-hydrogen) atoms. The number of aromatic nitrogens is 2. The minimum atomic E-state index is -0.449. The van der Waals surface area contributed by atoms with E-state index in [0.717, 1.165) is 0 Å². The third-order valence-corrected chi connectivity index (χ3v) is 2.75. The summed E-state index contributed by atoms with van der Waals surface area (Å²) in [5.74, 6) is -0.402. The average Bonchev–Trinajstić information content (AvgIpc) is 2.45. The van der Waals surface area contributed by atoms with Crippen molar-refractivity contribution < 1.29 is 19.1 Å². The molecule has 0 saturated carbocycles. The lowest BCUT2D eigenvalue weighted by molar-refractivity contribution is -0.141. The number of anilines is 1. The molecule has 0 saturated heterocycles. The molecule has 0 radical (unpaired) electrons. The molecule has 0 bridgehead atoms. The van der Waals surface area contributed by atoms with Crippen molar-refractivity contribution >= 4 is 17.9 Å². The number of aryl methyl sites for hydroxylation is 1. The van der Waals surface area contributed by atoms with Crippen LogP contribution in [-0.4, -0.2) is 48.2 Å². The molecule has 7 heteroatoms. The Morgan fingerprint density at radius 3 is 2.38 bits per heavy atom. The molecule has 1 aromatic rings. The van der Waals surface area contributed by atoms with Crippen molar-refractivity contribution in [2.45, 2.75) is 27.7 Å². The van der Waals surface area contributed by atoms with Crippen LogP contribution in [0.15, 0.2) is 6.20 Å². The summed E-state index contributed by atoms with van der Waals surface area (Å²) in [5, 5.41) is 0. The SMILES string of the molecule is CCOC(=O)CN(CC)c1ncc(C(=O)OCC)c(C)n1. The Morgan fingerprint density at radius 1 is 1.19 bits per heavy atom. The molecule has 0 spiro atoms. The fraction of sp³-hybridized carbons (Fsp3) is 0.571. The maximum absolute atomic E-state index is 11.7. The summed E-state index contributed by atoms with van der Waals surface area (Å²) in [6, 6.07) is 0. The first-order chi connectivity index (χ1) is 10.0. The predicted octanol–water partition coefficient (Wildman–Crippen LogP) is 1.35. The van der Waals surface area contributed by atoms with Crippen molar-refractivity contribution in [2.24, 2.45) is 0 Å². The number of carbonyl (C=O) groups excluding carboxylic acids is 2. The van der Waals surface area contributed by atoms with Crippen LogP contribution in [0.5, 0.6) is 0 Å². The van der Waals surface area contributed by atoms with Crippen molar-refractivity contribution in [1.29, 1.82) is 0 Å². The summed E-state index contributed by atoms with van der Waals surface area (Å²) in [6.07, 6.45) is 1.42. The maximum Gasteiger partial charge on any atom is 0.341 e. The zero-order valence-electron chi connectivity index (χ0n) is 12.9. The van der Waals surface area contributed by atoms with Crippen molar-refractivity contribution in [2.75, 3.05) is 31.2 Å². The first-order valence-corrected chi connectivity index (χ1v) is 6.94. The van der Waals surface area contributed by atoms with Crippen molar-refractivity contribution in [1.82, 2.24) is 9.97 Å². The molecule has 0 N–H and O–H groups in total. The molecule has 0 aliphatic heterocycles. The summed E-state index contributed by atoms with van der Waals surface area (Å²) in [6.45, 7) is 8.33. The first kappa shape index (κ1) is 16.9. The molecule has 0 fully saturated rings. The maximum atomic E-state index is 11.7. The Morgan fingerprint density at radius 2 is 1.86 bits per heavy atom. The van der Waals surface area contributed by atoms with E-state index in [0.29, 0.717) is 37.0 Å². The topological polar surface area (TPSA) is 81.6 Å². The molecule has 0 amide bonds. The van der Waals surface area contributed by atoms with Gasteiger partial charge in [-0.2, -0.15) is 0 Å². The highest BCUT2D eigenvalue weighted by Gasteiger charge is 2.17. The second-order valence-corrected chi connectivity index (χ2v) is 4.21. The van der Waals surface area contributed by atoms with Crippen molar-refractivity contribution in [3.05, 3.63) is 17.5 Å². The quantitative estimate of drug-likeness (QED) is 0.702. The van der Waals surface area contributed by atoms with Crippen LogP contribution in [0, 0.1) is 6.92 Å². The summed E-state index contributed by atoms with van der Waals surface area (Å²) in [5.41, 5.74) is 0.841. The normalized spacial score (nSPS) is 10.1. The van der Waals surface area contributed by atoms with Gasteiger partial charge in [0.2, 0.25) is 5.95 Å². The Kier molecular flexibility index (Phi) is 6.58. The second-order valence-electron chi connectivity index (χ2n) is 4.21. The molecule has 0 aromatic carbocycles. The lowest BCUT2D eigenvalue weighted by Gasteiger charge is -2.20. The van der Waals surface area contributed by atoms with Crippen LogP contribution >= 0.6 is 0 Å². The number of carbonyl (C=O) groups is 2. The third kappa shape index (κ3) is 4.70. The standard InChI is InChI=1S/C14H21N3O4/c1-5-17(9-12(18)20-6-2)14-15-8-11(10(4)16-14)13(19)21-7-3/h8H,5-7,9H2,1-4H3. The van der Waals surface area contributed by atoms with E-state index in [9.17, 15) is 9.59 Å². The number of ether oxygens (including phenoxy) is 2. The van der Waals surface area contributed by atoms with E-state index in [1.54, 1.807) is 25.7 Å². The lowest BCUT2D eigenvalue weighted by Crippen LogP contribution is -2.32. The number of rotatable bonds is 7. The number of esters is 2. The van der Waals surface area contributed by atoms with Gasteiger partial charge in [0.15, 0.2) is 0 Å². The third-order valence-electron chi connectivity index (χ3n) is 2.75. The molecule has 0 unspecified atom stereocenters. The van der Waals surface area contributed by atoms with Gasteiger partial charge < -0.3 is 14.4 Å². The van der Waals surface area contributed by atoms with Gasteiger partial charge in [-0.1, -0.05) is 0 Å². The zero-order valence-corrected chi connectivity index (χ0v) is 12.9. The van der Waals surface area contributed by atoms with E-state index in [-0.39, 0.29) is 12.5 Å². The highest BCUT2D eigenvalue weighted by molar-refractivity contribution is 5.90. The van der Waals surface area contributed by atoms with Gasteiger partial charge in [0.05, 0.1) is 24.5 Å². The molecule has 0 aliphatic rings. The van der Waals surface area contributed by atoms with Crippen LogP contribution < -0.4 is 4.90 Å². The van der Waals surface area contributed by atoms with Crippen LogP contribution in [0.3, 0.4) is 0 Å². The highest BCUT2D eigenvalue weighted by atomic mass is 16.5. The van der Waals surface area contributed by atoms with E-state index in [2.05, 4.69) is 9.97 Å². The molecule has 1 rings (SSSR count). The predicted molar refractivity (Wildman–Crippen MR) is 77.2 cm³/mol. The molecular weight excluding hydrogens is 274 g/mol. The molecule has 1 heterocycles. The molecule has 0 atom stereocenters. The van der Waals surface area contributed by atoms with E-state index in [1.807, 2.05) is 6.92 Å². The van der Waals surface area contributed by atoms with Gasteiger partial charge in [-0.15, -0.1) is 0 Å². The summed E-state index contributed by atoms with van der Waals surface area (Å²) < 4.78 is 9.83. The molecule has 116 valence electrons. The van der Waals surface area contributed by atoms with Gasteiger partial charge in [-0.25, -0.2) is 14.8 Å². The Hall–Kier alpha value is -2.18. The minimum absolute atomic E-state index is 0.0720. The van der Waals surface area contributed by atoms with Gasteiger partial charge in [-0.05, 0) is 27.7 Å². The van der Waals surface area contributed by atoms with E-state index in [1.165, 1.54) is 6.20 Å². The second kappa shape index (κ2) is 8.18. The lowest BCUT2D eigenvalue weighted by atomic mass is 10.2. The molecule has 0 aliphatic carbocycles. The van der Waals surface area contributed by atoms with Crippen LogP contribution in [0.2, 0.25) is 0 Å². The number of likely N-dealkylation sites (N-methyl/N-ethyl adjacent to an activating group) is 1. The summed E-state index contributed by atoms with van der Waals surface area (Å²) >= 11 is 0. The van der Waals surface area contributed by atoms with E-state index < -0.39 is 5.97 Å². The van der Waals surface area contributed by atoms with E-state index >= 15 is 0 Å². The monoisotopic (exact) mass is 295 g/mol. The average molecular weight is 295 g/mol. The number of hydrogen-bond acceptors (Lipinski definition) is 7. The summed E-state index contributed by atoms with van der Waals surface area (Å²) in [7, 11) is 0. The molecule has 1 aromatic heterocycles. The fourth-order valence-corrected chi connectivity index (χ4v) is 1.70. The fourth-order valence-electron chi connectivity index (χ4n) is 1.70. The Labute approximate surface area is 124 Å².